The van der Waals surface area contributed by atoms with Gasteiger partial charge in [0.25, 0.3) is 0 Å². The van der Waals surface area contributed by atoms with Gasteiger partial charge in [-0.2, -0.15) is 0 Å². The van der Waals surface area contributed by atoms with Crippen LogP contribution in [0.1, 0.15) is 65.7 Å². The predicted octanol–water partition coefficient (Wildman–Crippen LogP) is 3.67. The Balaban J connectivity index is 1.69. The minimum Gasteiger partial charge on any atom is -0.312 e. The van der Waals surface area contributed by atoms with E-state index in [1.165, 1.54) is 64.6 Å². The van der Waals surface area contributed by atoms with Crippen molar-refractivity contribution in [1.29, 1.82) is 0 Å². The fraction of sp³-hybridized carbons (Fsp3) is 1.00. The van der Waals surface area contributed by atoms with Crippen LogP contribution in [0.4, 0.5) is 0 Å². The molecule has 0 aromatic heterocycles. The van der Waals surface area contributed by atoms with Gasteiger partial charge in [-0.15, -0.1) is 0 Å². The van der Waals surface area contributed by atoms with E-state index in [2.05, 4.69) is 31.0 Å². The van der Waals surface area contributed by atoms with Crippen molar-refractivity contribution in [2.24, 2.45) is 17.3 Å². The average molecular weight is 278 g/mol. The van der Waals surface area contributed by atoms with Crippen LogP contribution in [0.5, 0.6) is 0 Å². The Morgan fingerprint density at radius 3 is 2.40 bits per heavy atom. The van der Waals surface area contributed by atoms with Crippen molar-refractivity contribution in [3.8, 4) is 0 Å². The van der Waals surface area contributed by atoms with Gasteiger partial charge < -0.3 is 5.32 Å². The highest BCUT2D eigenvalue weighted by molar-refractivity contribution is 5.01. The number of rotatable bonds is 4. The molecule has 4 unspecified atom stereocenters. The molecule has 1 saturated heterocycles. The highest BCUT2D eigenvalue weighted by atomic mass is 15.2. The van der Waals surface area contributed by atoms with Crippen molar-refractivity contribution in [2.75, 3.05) is 19.6 Å². The molecule has 1 aliphatic heterocycles. The van der Waals surface area contributed by atoms with Crippen molar-refractivity contribution in [3.05, 3.63) is 0 Å². The Morgan fingerprint density at radius 1 is 1.05 bits per heavy atom. The summed E-state index contributed by atoms with van der Waals surface area (Å²) in [7, 11) is 0. The minimum atomic E-state index is 0.468. The van der Waals surface area contributed by atoms with Crippen molar-refractivity contribution < 1.29 is 0 Å². The summed E-state index contributed by atoms with van der Waals surface area (Å²) in [5, 5.41) is 3.91. The van der Waals surface area contributed by atoms with Crippen molar-refractivity contribution in [1.82, 2.24) is 10.2 Å². The van der Waals surface area contributed by atoms with Gasteiger partial charge in [0.05, 0.1) is 0 Å². The van der Waals surface area contributed by atoms with Gasteiger partial charge in [0.15, 0.2) is 0 Å². The van der Waals surface area contributed by atoms with Crippen molar-refractivity contribution in [2.45, 2.75) is 77.8 Å². The van der Waals surface area contributed by atoms with Crippen molar-refractivity contribution >= 4 is 0 Å². The third kappa shape index (κ3) is 2.78. The Bertz CT molecular complexity index is 313. The second-order valence-corrected chi connectivity index (χ2v) is 8.28. The first kappa shape index (κ1) is 14.8. The van der Waals surface area contributed by atoms with Crippen LogP contribution in [-0.4, -0.2) is 36.6 Å². The third-order valence-electron chi connectivity index (χ3n) is 6.39. The molecule has 3 aliphatic rings. The summed E-state index contributed by atoms with van der Waals surface area (Å²) in [6.45, 7) is 11.3. The first-order valence-corrected chi connectivity index (χ1v) is 9.09. The highest BCUT2D eigenvalue weighted by Gasteiger charge is 2.45. The molecule has 1 heterocycles. The van der Waals surface area contributed by atoms with Gasteiger partial charge in [0.1, 0.15) is 0 Å². The zero-order valence-electron chi connectivity index (χ0n) is 13.8. The largest absolute Gasteiger partial charge is 0.312 e. The smallest absolute Gasteiger partial charge is 0.0274 e. The number of nitrogens with zero attached hydrogens (tertiary/aromatic N) is 1. The second-order valence-electron chi connectivity index (χ2n) is 8.28. The molecule has 0 bridgehead atoms. The Hall–Kier alpha value is -0.0800. The molecule has 116 valence electrons. The van der Waals surface area contributed by atoms with Gasteiger partial charge in [-0.1, -0.05) is 33.6 Å². The van der Waals surface area contributed by atoms with Gasteiger partial charge in [0, 0.05) is 25.2 Å². The number of hydrogen-bond acceptors (Lipinski definition) is 2. The Kier molecular flexibility index (Phi) is 4.42. The van der Waals surface area contributed by atoms with E-state index in [4.69, 9.17) is 0 Å². The molecule has 2 nitrogen and oxygen atoms in total. The number of likely N-dealkylation sites (tertiary alicyclic amines) is 1. The molecule has 2 saturated carbocycles. The minimum absolute atomic E-state index is 0.468. The summed E-state index contributed by atoms with van der Waals surface area (Å²) >= 11 is 0. The molecular weight excluding hydrogens is 244 g/mol. The molecule has 0 aromatic rings. The van der Waals surface area contributed by atoms with Crippen LogP contribution in [0.3, 0.4) is 0 Å². The van der Waals surface area contributed by atoms with Crippen LogP contribution in [-0.2, 0) is 0 Å². The molecular formula is C18H34N2. The fourth-order valence-electron chi connectivity index (χ4n) is 5.26. The zero-order chi connectivity index (χ0) is 14.2. The number of nitrogens with one attached hydrogen (secondary N) is 1. The van der Waals surface area contributed by atoms with Crippen LogP contribution in [0.2, 0.25) is 0 Å². The van der Waals surface area contributed by atoms with Gasteiger partial charge in [0.2, 0.25) is 0 Å². The Labute approximate surface area is 125 Å². The molecule has 4 atom stereocenters. The maximum absolute atomic E-state index is 3.91. The first-order chi connectivity index (χ1) is 9.62. The van der Waals surface area contributed by atoms with Gasteiger partial charge in [-0.3, -0.25) is 4.90 Å². The molecule has 20 heavy (non-hydrogen) atoms. The molecule has 1 N–H and O–H groups in total. The van der Waals surface area contributed by atoms with E-state index in [0.717, 1.165) is 17.9 Å². The van der Waals surface area contributed by atoms with Crippen LogP contribution in [0, 0.1) is 17.3 Å². The van der Waals surface area contributed by atoms with E-state index < -0.39 is 0 Å². The molecule has 3 fully saturated rings. The summed E-state index contributed by atoms with van der Waals surface area (Å²) in [5.41, 5.74) is 0.468. The van der Waals surface area contributed by atoms with E-state index in [-0.39, 0.29) is 0 Å². The van der Waals surface area contributed by atoms with E-state index in [9.17, 15) is 0 Å². The average Bonchev–Trinajstić information content (AvgIpc) is 2.96. The van der Waals surface area contributed by atoms with Gasteiger partial charge in [-0.05, 0) is 55.9 Å². The lowest BCUT2D eigenvalue weighted by Gasteiger charge is -2.48. The monoisotopic (exact) mass is 278 g/mol. The topological polar surface area (TPSA) is 15.3 Å². The van der Waals surface area contributed by atoms with E-state index in [1.807, 2.05) is 0 Å². The zero-order valence-corrected chi connectivity index (χ0v) is 13.8. The van der Waals surface area contributed by atoms with Gasteiger partial charge in [-0.25, -0.2) is 0 Å². The van der Waals surface area contributed by atoms with E-state index in [0.29, 0.717) is 11.5 Å². The Morgan fingerprint density at radius 2 is 1.75 bits per heavy atom. The fourth-order valence-corrected chi connectivity index (χ4v) is 5.26. The quantitative estimate of drug-likeness (QED) is 0.844. The lowest BCUT2D eigenvalue weighted by Crippen LogP contribution is -2.58. The number of fused-ring (bicyclic) bond motifs is 1. The lowest BCUT2D eigenvalue weighted by molar-refractivity contribution is 0.0572. The van der Waals surface area contributed by atoms with Crippen LogP contribution in [0.25, 0.3) is 0 Å². The second kappa shape index (κ2) is 5.96. The predicted molar refractivity (Wildman–Crippen MR) is 85.9 cm³/mol. The standard InChI is InChI=1S/C18H34N2/c1-4-11-19-17-16(9-6-10-18(17,2)3)20-12-14-7-5-8-15(14)13-20/h14-17,19H,4-13H2,1-3H3. The summed E-state index contributed by atoms with van der Waals surface area (Å²) in [6, 6.07) is 1.51. The van der Waals surface area contributed by atoms with E-state index in [1.54, 1.807) is 0 Å². The SMILES string of the molecule is CCCNC1C(N2CC3CCCC3C2)CCCC1(C)C. The third-order valence-corrected chi connectivity index (χ3v) is 6.39. The molecule has 2 aliphatic carbocycles. The molecule has 0 spiro atoms. The maximum Gasteiger partial charge on any atom is 0.0274 e. The first-order valence-electron chi connectivity index (χ1n) is 9.09. The highest BCUT2D eigenvalue weighted by Crippen LogP contribution is 2.43. The summed E-state index contributed by atoms with van der Waals surface area (Å²) < 4.78 is 0. The van der Waals surface area contributed by atoms with E-state index >= 15 is 0 Å². The molecule has 0 radical (unpaired) electrons. The lowest BCUT2D eigenvalue weighted by atomic mass is 9.70. The van der Waals surface area contributed by atoms with Crippen LogP contribution in [0.15, 0.2) is 0 Å². The van der Waals surface area contributed by atoms with Crippen LogP contribution < -0.4 is 5.32 Å². The molecule has 0 amide bonds. The summed E-state index contributed by atoms with van der Waals surface area (Å²) in [5.74, 6) is 2.07. The van der Waals surface area contributed by atoms with Gasteiger partial charge >= 0.3 is 0 Å². The summed E-state index contributed by atoms with van der Waals surface area (Å²) in [6.07, 6.45) is 10.00. The normalized spacial score (nSPS) is 41.0. The molecule has 2 heteroatoms. The molecule has 3 rings (SSSR count). The van der Waals surface area contributed by atoms with Crippen LogP contribution >= 0.6 is 0 Å². The summed E-state index contributed by atoms with van der Waals surface area (Å²) in [4.78, 5) is 2.88. The van der Waals surface area contributed by atoms with Crippen molar-refractivity contribution in [3.63, 3.8) is 0 Å². The number of hydrogen-bond donors (Lipinski definition) is 1. The maximum atomic E-state index is 3.91. The molecule has 0 aromatic carbocycles.